The SMILES string of the molecule is COC(=O)C[C@H]1CC[C@H](O)C1.NC(=O)CC1CCC(O)C1. The molecule has 0 aromatic rings. The van der Waals surface area contributed by atoms with Crippen molar-refractivity contribution in [2.24, 2.45) is 17.6 Å². The van der Waals surface area contributed by atoms with E-state index >= 15 is 0 Å². The van der Waals surface area contributed by atoms with Crippen LogP contribution in [0.25, 0.3) is 0 Å². The molecule has 6 heteroatoms. The summed E-state index contributed by atoms with van der Waals surface area (Å²) in [6.07, 6.45) is 5.61. The van der Waals surface area contributed by atoms with Crippen LogP contribution in [0.2, 0.25) is 0 Å². The number of amides is 1. The number of hydrogen-bond donors (Lipinski definition) is 3. The highest BCUT2D eigenvalue weighted by Crippen LogP contribution is 2.28. The van der Waals surface area contributed by atoms with E-state index in [1.165, 1.54) is 7.11 Å². The molecular formula is C15H27NO5. The average molecular weight is 301 g/mol. The number of ether oxygens (including phenoxy) is 1. The first-order valence-electron chi connectivity index (χ1n) is 7.62. The molecule has 21 heavy (non-hydrogen) atoms. The van der Waals surface area contributed by atoms with Crippen LogP contribution in [0.15, 0.2) is 0 Å². The first-order valence-corrected chi connectivity index (χ1v) is 7.62. The summed E-state index contributed by atoms with van der Waals surface area (Å²) in [7, 11) is 1.40. The van der Waals surface area contributed by atoms with Gasteiger partial charge in [-0.15, -0.1) is 0 Å². The van der Waals surface area contributed by atoms with Gasteiger partial charge in [0.25, 0.3) is 0 Å². The van der Waals surface area contributed by atoms with E-state index in [9.17, 15) is 9.59 Å². The minimum absolute atomic E-state index is 0.163. The highest BCUT2D eigenvalue weighted by molar-refractivity contribution is 5.74. The Labute approximate surface area is 125 Å². The van der Waals surface area contributed by atoms with Gasteiger partial charge in [-0.25, -0.2) is 0 Å². The maximum absolute atomic E-state index is 10.8. The molecule has 4 N–H and O–H groups in total. The molecule has 2 aliphatic rings. The summed E-state index contributed by atoms with van der Waals surface area (Å²) < 4.78 is 4.53. The van der Waals surface area contributed by atoms with Crippen molar-refractivity contribution in [1.29, 1.82) is 0 Å². The molecule has 6 nitrogen and oxygen atoms in total. The van der Waals surface area contributed by atoms with Crippen LogP contribution in [0.4, 0.5) is 0 Å². The molecule has 0 radical (unpaired) electrons. The zero-order valence-corrected chi connectivity index (χ0v) is 12.7. The lowest BCUT2D eigenvalue weighted by molar-refractivity contribution is -0.141. The van der Waals surface area contributed by atoms with Crippen molar-refractivity contribution in [3.8, 4) is 0 Å². The summed E-state index contributed by atoms with van der Waals surface area (Å²) in [4.78, 5) is 21.2. The summed E-state index contributed by atoms with van der Waals surface area (Å²) in [6.45, 7) is 0. The zero-order valence-electron chi connectivity index (χ0n) is 12.7. The highest BCUT2D eigenvalue weighted by atomic mass is 16.5. The van der Waals surface area contributed by atoms with Gasteiger partial charge in [0.2, 0.25) is 5.91 Å². The fourth-order valence-corrected chi connectivity index (χ4v) is 3.07. The maximum Gasteiger partial charge on any atom is 0.305 e. The van der Waals surface area contributed by atoms with Crippen molar-refractivity contribution in [1.82, 2.24) is 0 Å². The third-order valence-corrected chi connectivity index (χ3v) is 4.20. The lowest BCUT2D eigenvalue weighted by Crippen LogP contribution is -2.15. The van der Waals surface area contributed by atoms with E-state index in [0.717, 1.165) is 38.5 Å². The molecule has 2 unspecified atom stereocenters. The van der Waals surface area contributed by atoms with E-state index in [1.54, 1.807) is 0 Å². The van der Waals surface area contributed by atoms with E-state index in [0.29, 0.717) is 24.7 Å². The Morgan fingerprint density at radius 2 is 1.48 bits per heavy atom. The first kappa shape index (κ1) is 17.9. The van der Waals surface area contributed by atoms with Gasteiger partial charge >= 0.3 is 5.97 Å². The number of primary amides is 1. The lowest BCUT2D eigenvalue weighted by Gasteiger charge is -2.05. The molecule has 0 aliphatic heterocycles. The summed E-state index contributed by atoms with van der Waals surface area (Å²) in [5, 5.41) is 18.2. The Bertz CT molecular complexity index is 347. The van der Waals surface area contributed by atoms with Crippen molar-refractivity contribution >= 4 is 11.9 Å². The molecule has 0 bridgehead atoms. The number of aliphatic hydroxyl groups is 2. The summed E-state index contributed by atoms with van der Waals surface area (Å²) in [5.41, 5.74) is 5.00. The number of methoxy groups -OCH3 is 1. The van der Waals surface area contributed by atoms with E-state index in [4.69, 9.17) is 15.9 Å². The van der Waals surface area contributed by atoms with Gasteiger partial charge in [-0.05, 0) is 50.4 Å². The molecule has 0 spiro atoms. The van der Waals surface area contributed by atoms with Gasteiger partial charge in [-0.1, -0.05) is 0 Å². The molecule has 0 saturated heterocycles. The van der Waals surface area contributed by atoms with E-state index in [1.807, 2.05) is 0 Å². The largest absolute Gasteiger partial charge is 0.469 e. The maximum atomic E-state index is 10.8. The molecule has 2 rings (SSSR count). The van der Waals surface area contributed by atoms with Gasteiger partial charge in [-0.2, -0.15) is 0 Å². The predicted octanol–water partition coefficient (Wildman–Crippen LogP) is 0.733. The van der Waals surface area contributed by atoms with Crippen LogP contribution in [0.3, 0.4) is 0 Å². The van der Waals surface area contributed by atoms with E-state index < -0.39 is 0 Å². The molecule has 0 aromatic carbocycles. The molecule has 2 fully saturated rings. The average Bonchev–Trinajstić information content (AvgIpc) is 2.98. The topological polar surface area (TPSA) is 110 Å². The van der Waals surface area contributed by atoms with Crippen LogP contribution in [0, 0.1) is 11.8 Å². The van der Waals surface area contributed by atoms with Gasteiger partial charge in [-0.3, -0.25) is 9.59 Å². The number of aliphatic hydroxyl groups excluding tert-OH is 2. The number of nitrogens with two attached hydrogens (primary N) is 1. The molecule has 0 heterocycles. The van der Waals surface area contributed by atoms with Crippen molar-refractivity contribution < 1.29 is 24.5 Å². The van der Waals surface area contributed by atoms with Gasteiger partial charge < -0.3 is 20.7 Å². The minimum Gasteiger partial charge on any atom is -0.469 e. The predicted molar refractivity (Wildman–Crippen MR) is 77.1 cm³/mol. The molecule has 2 saturated carbocycles. The normalized spacial score (nSPS) is 31.4. The summed E-state index contributed by atoms with van der Waals surface area (Å²) in [5.74, 6) is 0.271. The highest BCUT2D eigenvalue weighted by Gasteiger charge is 2.25. The van der Waals surface area contributed by atoms with Crippen LogP contribution in [0.1, 0.15) is 51.4 Å². The van der Waals surface area contributed by atoms with E-state index in [2.05, 4.69) is 4.74 Å². The fourth-order valence-electron chi connectivity index (χ4n) is 3.07. The van der Waals surface area contributed by atoms with Gasteiger partial charge in [0.15, 0.2) is 0 Å². The zero-order chi connectivity index (χ0) is 15.8. The van der Waals surface area contributed by atoms with Gasteiger partial charge in [0.05, 0.1) is 19.3 Å². The molecular weight excluding hydrogens is 274 g/mol. The monoisotopic (exact) mass is 301 g/mol. The van der Waals surface area contributed by atoms with Crippen LogP contribution in [0.5, 0.6) is 0 Å². The van der Waals surface area contributed by atoms with Crippen molar-refractivity contribution in [3.63, 3.8) is 0 Å². The molecule has 4 atom stereocenters. The fraction of sp³-hybridized carbons (Fsp3) is 0.867. The van der Waals surface area contributed by atoms with Gasteiger partial charge in [0.1, 0.15) is 0 Å². The number of rotatable bonds is 4. The Morgan fingerprint density at radius 1 is 1.00 bits per heavy atom. The molecule has 2 aliphatic carbocycles. The van der Waals surface area contributed by atoms with E-state index in [-0.39, 0.29) is 24.1 Å². The van der Waals surface area contributed by atoms with Crippen LogP contribution in [-0.2, 0) is 14.3 Å². The standard InChI is InChI=1S/C8H14O3.C7H13NO2/c1-11-8(10)5-6-2-3-7(9)4-6;8-7(10)4-5-1-2-6(9)3-5/h6-7,9H,2-5H2,1H3;5-6,9H,1-4H2,(H2,8,10)/t6-,7-;/m0./s1. The third kappa shape index (κ3) is 7.43. The Morgan fingerprint density at radius 3 is 1.81 bits per heavy atom. The number of carbonyl (C=O) groups is 2. The minimum atomic E-state index is -0.251. The van der Waals surface area contributed by atoms with Crippen LogP contribution in [-0.4, -0.2) is 41.4 Å². The van der Waals surface area contributed by atoms with Crippen molar-refractivity contribution in [2.75, 3.05) is 7.11 Å². The van der Waals surface area contributed by atoms with Crippen molar-refractivity contribution in [3.05, 3.63) is 0 Å². The number of hydrogen-bond acceptors (Lipinski definition) is 5. The van der Waals surface area contributed by atoms with Crippen LogP contribution < -0.4 is 5.73 Å². The molecule has 122 valence electrons. The first-order chi connectivity index (χ1) is 9.90. The lowest BCUT2D eigenvalue weighted by atomic mass is 10.0. The van der Waals surface area contributed by atoms with Crippen LogP contribution >= 0.6 is 0 Å². The number of carbonyl (C=O) groups excluding carboxylic acids is 2. The Kier molecular flexibility index (Phi) is 7.67. The Balaban J connectivity index is 0.000000211. The summed E-state index contributed by atoms with van der Waals surface area (Å²) in [6, 6.07) is 0. The quantitative estimate of drug-likeness (QED) is 0.663. The number of esters is 1. The van der Waals surface area contributed by atoms with Gasteiger partial charge in [0, 0.05) is 12.8 Å². The second-order valence-electron chi connectivity index (χ2n) is 6.12. The molecule has 0 aromatic heterocycles. The Hall–Kier alpha value is -1.14. The third-order valence-electron chi connectivity index (χ3n) is 4.20. The van der Waals surface area contributed by atoms with Crippen molar-refractivity contribution in [2.45, 2.75) is 63.6 Å². The second-order valence-corrected chi connectivity index (χ2v) is 6.12. The molecule has 1 amide bonds. The second kappa shape index (κ2) is 9.00. The smallest absolute Gasteiger partial charge is 0.305 e. The summed E-state index contributed by atoms with van der Waals surface area (Å²) >= 11 is 0.